The third-order valence-corrected chi connectivity index (χ3v) is 4.20. The predicted octanol–water partition coefficient (Wildman–Crippen LogP) is 3.08. The maximum Gasteiger partial charge on any atom is 0.307 e. The Bertz CT molecular complexity index is 875. The maximum absolute atomic E-state index is 13.0. The van der Waals surface area contributed by atoms with Crippen LogP contribution < -0.4 is 0 Å². The van der Waals surface area contributed by atoms with E-state index >= 15 is 0 Å². The van der Waals surface area contributed by atoms with Gasteiger partial charge in [-0.3, -0.25) is 14.6 Å². The average molecular weight is 363 g/mol. The molecule has 6 nitrogen and oxygen atoms in total. The Labute approximate surface area is 158 Å². The van der Waals surface area contributed by atoms with Crippen LogP contribution in [0.1, 0.15) is 22.5 Å². The van der Waals surface area contributed by atoms with Crippen LogP contribution in [0.2, 0.25) is 0 Å². The number of hydrogen-bond acceptors (Lipinski definition) is 4. The molecule has 0 saturated heterocycles. The van der Waals surface area contributed by atoms with E-state index in [0.29, 0.717) is 12.1 Å². The zero-order valence-electron chi connectivity index (χ0n) is 15.1. The molecule has 1 aromatic carbocycles. The van der Waals surface area contributed by atoms with Gasteiger partial charge in [0.25, 0.3) is 5.91 Å². The first-order valence-electron chi connectivity index (χ1n) is 8.67. The number of pyridine rings is 1. The quantitative estimate of drug-likeness (QED) is 0.605. The molecule has 3 aromatic rings. The minimum Gasteiger partial charge on any atom is -0.469 e. The van der Waals surface area contributed by atoms with Gasteiger partial charge < -0.3 is 14.2 Å². The average Bonchev–Trinajstić information content (AvgIpc) is 3.26. The van der Waals surface area contributed by atoms with Gasteiger partial charge in [-0.05, 0) is 48.5 Å². The van der Waals surface area contributed by atoms with Crippen LogP contribution in [0.3, 0.4) is 0 Å². The van der Waals surface area contributed by atoms with Crippen molar-refractivity contribution in [3.8, 4) is 5.69 Å². The van der Waals surface area contributed by atoms with Gasteiger partial charge in [0.1, 0.15) is 0 Å². The molecule has 0 saturated carbocycles. The summed E-state index contributed by atoms with van der Waals surface area (Å²) in [6, 6.07) is 16.8. The molecule has 0 spiro atoms. The Hall–Kier alpha value is -3.41. The van der Waals surface area contributed by atoms with Crippen molar-refractivity contribution in [1.29, 1.82) is 0 Å². The molecule has 0 aliphatic rings. The lowest BCUT2D eigenvalue weighted by Gasteiger charge is -2.22. The normalized spacial score (nSPS) is 10.4. The lowest BCUT2D eigenvalue weighted by molar-refractivity contribution is -0.140. The zero-order valence-corrected chi connectivity index (χ0v) is 15.1. The molecule has 0 radical (unpaired) electrons. The number of carbonyl (C=O) groups excluding carboxylic acids is 2. The summed E-state index contributed by atoms with van der Waals surface area (Å²) in [5.41, 5.74) is 2.30. The molecule has 2 aromatic heterocycles. The Morgan fingerprint density at radius 2 is 1.78 bits per heavy atom. The number of esters is 1. The van der Waals surface area contributed by atoms with E-state index in [4.69, 9.17) is 4.74 Å². The van der Waals surface area contributed by atoms with E-state index in [0.717, 1.165) is 11.4 Å². The highest BCUT2D eigenvalue weighted by atomic mass is 16.5. The van der Waals surface area contributed by atoms with Crippen LogP contribution in [0.4, 0.5) is 0 Å². The van der Waals surface area contributed by atoms with E-state index in [1.807, 2.05) is 59.4 Å². The van der Waals surface area contributed by atoms with E-state index in [2.05, 4.69) is 4.98 Å². The number of nitrogens with zero attached hydrogens (tertiary/aromatic N) is 3. The first-order valence-corrected chi connectivity index (χ1v) is 8.67. The summed E-state index contributed by atoms with van der Waals surface area (Å²) in [6.07, 6.45) is 5.71. The molecule has 0 aliphatic carbocycles. The number of rotatable bonds is 7. The molecule has 27 heavy (non-hydrogen) atoms. The predicted molar refractivity (Wildman–Crippen MR) is 101 cm³/mol. The van der Waals surface area contributed by atoms with Gasteiger partial charge >= 0.3 is 5.97 Å². The van der Waals surface area contributed by atoms with E-state index in [9.17, 15) is 9.59 Å². The maximum atomic E-state index is 13.0. The lowest BCUT2D eigenvalue weighted by atomic mass is 10.1. The summed E-state index contributed by atoms with van der Waals surface area (Å²) >= 11 is 0. The molecule has 0 aliphatic heterocycles. The minimum atomic E-state index is -0.350. The number of aromatic nitrogens is 2. The summed E-state index contributed by atoms with van der Waals surface area (Å²) in [7, 11) is 1.34. The van der Waals surface area contributed by atoms with Gasteiger partial charge in [-0.25, -0.2) is 0 Å². The summed E-state index contributed by atoms with van der Waals surface area (Å²) < 4.78 is 6.67. The van der Waals surface area contributed by atoms with Crippen LogP contribution in [0.5, 0.6) is 0 Å². The van der Waals surface area contributed by atoms with E-state index in [-0.39, 0.29) is 24.8 Å². The van der Waals surface area contributed by atoms with Gasteiger partial charge in [0.15, 0.2) is 0 Å². The first-order chi connectivity index (χ1) is 13.2. The van der Waals surface area contributed by atoms with Crippen molar-refractivity contribution in [2.75, 3.05) is 13.7 Å². The molecule has 2 heterocycles. The Morgan fingerprint density at radius 3 is 2.41 bits per heavy atom. The Balaban J connectivity index is 1.77. The van der Waals surface area contributed by atoms with Crippen LogP contribution in [-0.4, -0.2) is 40.0 Å². The number of hydrogen-bond donors (Lipinski definition) is 0. The van der Waals surface area contributed by atoms with Crippen LogP contribution in [0.25, 0.3) is 5.69 Å². The minimum absolute atomic E-state index is 0.135. The van der Waals surface area contributed by atoms with Crippen molar-refractivity contribution >= 4 is 11.9 Å². The topological polar surface area (TPSA) is 64.4 Å². The van der Waals surface area contributed by atoms with Crippen LogP contribution in [-0.2, 0) is 16.1 Å². The lowest BCUT2D eigenvalue weighted by Crippen LogP contribution is -2.33. The second kappa shape index (κ2) is 8.80. The Morgan fingerprint density at radius 1 is 1.04 bits per heavy atom. The smallest absolute Gasteiger partial charge is 0.307 e. The SMILES string of the molecule is COC(=O)CCN(Cc1ccccn1)C(=O)c1ccc(-n2cccc2)cc1. The van der Waals surface area contributed by atoms with Crippen molar-refractivity contribution in [1.82, 2.24) is 14.5 Å². The summed E-state index contributed by atoms with van der Waals surface area (Å²) in [6.45, 7) is 0.595. The summed E-state index contributed by atoms with van der Waals surface area (Å²) in [5, 5.41) is 0. The van der Waals surface area contributed by atoms with Crippen molar-refractivity contribution in [2.24, 2.45) is 0 Å². The van der Waals surface area contributed by atoms with Gasteiger partial charge in [-0.2, -0.15) is 0 Å². The molecule has 1 amide bonds. The fourth-order valence-corrected chi connectivity index (χ4v) is 2.73. The molecular formula is C21H21N3O3. The molecule has 138 valence electrons. The number of methoxy groups -OCH3 is 1. The van der Waals surface area contributed by atoms with Crippen molar-refractivity contribution < 1.29 is 14.3 Å². The highest BCUT2D eigenvalue weighted by molar-refractivity contribution is 5.94. The molecule has 0 bridgehead atoms. The molecular weight excluding hydrogens is 342 g/mol. The molecule has 6 heteroatoms. The highest BCUT2D eigenvalue weighted by Gasteiger charge is 2.18. The van der Waals surface area contributed by atoms with E-state index in [1.54, 1.807) is 23.2 Å². The molecule has 0 unspecified atom stereocenters. The zero-order chi connectivity index (χ0) is 19.1. The van der Waals surface area contributed by atoms with Crippen LogP contribution in [0.15, 0.2) is 73.2 Å². The van der Waals surface area contributed by atoms with Crippen LogP contribution in [0, 0.1) is 0 Å². The van der Waals surface area contributed by atoms with Gasteiger partial charge in [0.2, 0.25) is 0 Å². The van der Waals surface area contributed by atoms with Gasteiger partial charge in [0.05, 0.1) is 25.8 Å². The fraction of sp³-hybridized carbons (Fsp3) is 0.190. The number of ether oxygens (including phenoxy) is 1. The highest BCUT2D eigenvalue weighted by Crippen LogP contribution is 2.14. The summed E-state index contributed by atoms with van der Waals surface area (Å²) in [5.74, 6) is -0.500. The third kappa shape index (κ3) is 4.82. The summed E-state index contributed by atoms with van der Waals surface area (Å²) in [4.78, 5) is 30.4. The fourth-order valence-electron chi connectivity index (χ4n) is 2.73. The van der Waals surface area contributed by atoms with Crippen molar-refractivity contribution in [2.45, 2.75) is 13.0 Å². The van der Waals surface area contributed by atoms with Crippen molar-refractivity contribution in [3.63, 3.8) is 0 Å². The van der Waals surface area contributed by atoms with Gasteiger partial charge in [-0.15, -0.1) is 0 Å². The third-order valence-electron chi connectivity index (χ3n) is 4.20. The molecule has 0 atom stereocenters. The first kappa shape index (κ1) is 18.4. The Kier molecular flexibility index (Phi) is 5.99. The van der Waals surface area contributed by atoms with E-state index in [1.165, 1.54) is 7.11 Å². The molecule has 0 fully saturated rings. The number of carbonyl (C=O) groups is 2. The number of amides is 1. The molecule has 0 N–H and O–H groups in total. The standard InChI is InChI=1S/C21H21N3O3/c1-27-20(25)11-15-24(16-18-6-2-3-12-22-18)21(26)17-7-9-19(10-8-17)23-13-4-5-14-23/h2-10,12-14H,11,15-16H2,1H3. The van der Waals surface area contributed by atoms with Gasteiger partial charge in [-0.1, -0.05) is 6.07 Å². The molecule has 3 rings (SSSR count). The second-order valence-electron chi connectivity index (χ2n) is 6.01. The van der Waals surface area contributed by atoms with E-state index < -0.39 is 0 Å². The van der Waals surface area contributed by atoms with Crippen molar-refractivity contribution in [3.05, 3.63) is 84.4 Å². The number of benzene rings is 1. The van der Waals surface area contributed by atoms with Crippen LogP contribution >= 0.6 is 0 Å². The monoisotopic (exact) mass is 363 g/mol. The van der Waals surface area contributed by atoms with Gasteiger partial charge in [0, 0.05) is 36.4 Å². The largest absolute Gasteiger partial charge is 0.469 e. The second-order valence-corrected chi connectivity index (χ2v) is 6.01.